The van der Waals surface area contributed by atoms with Crippen molar-refractivity contribution in [3.63, 3.8) is 0 Å². The van der Waals surface area contributed by atoms with Gasteiger partial charge in [-0.25, -0.2) is 4.72 Å². The van der Waals surface area contributed by atoms with E-state index in [4.69, 9.17) is 9.47 Å². The van der Waals surface area contributed by atoms with Crippen molar-refractivity contribution in [2.24, 2.45) is 5.92 Å². The molecule has 6 N–H and O–H groups in total. The molecule has 4 aliphatic rings. The molecular weight excluding hydrogens is 602 g/mol. The Labute approximate surface area is 266 Å². The van der Waals surface area contributed by atoms with E-state index >= 15 is 0 Å². The summed E-state index contributed by atoms with van der Waals surface area (Å²) in [4.78, 5) is 55.7. The van der Waals surface area contributed by atoms with Crippen LogP contribution >= 0.6 is 10.8 Å². The van der Waals surface area contributed by atoms with Crippen LogP contribution in [0.1, 0.15) is 57.1 Å². The maximum atomic E-state index is 13.9. The summed E-state index contributed by atoms with van der Waals surface area (Å²) < 4.78 is 34.3. The maximum Gasteiger partial charge on any atom is 0.243 e. The first-order valence-corrected chi connectivity index (χ1v) is 17.5. The number of morpholine rings is 1. The van der Waals surface area contributed by atoms with E-state index < -0.39 is 46.3 Å². The van der Waals surface area contributed by atoms with Gasteiger partial charge in [-0.1, -0.05) is 37.8 Å². The quantitative estimate of drug-likeness (QED) is 0.170. The number of carbonyl (C=O) groups excluding carboxylic acids is 4. The molecular formula is C31H47N5O8S. The summed E-state index contributed by atoms with van der Waals surface area (Å²) in [6, 6.07) is 2.45. The van der Waals surface area contributed by atoms with E-state index in [0.717, 1.165) is 31.2 Å². The van der Waals surface area contributed by atoms with E-state index in [1.54, 1.807) is 26.0 Å². The van der Waals surface area contributed by atoms with Crippen molar-refractivity contribution >= 4 is 34.3 Å². The third-order valence-corrected chi connectivity index (χ3v) is 10.8. The summed E-state index contributed by atoms with van der Waals surface area (Å²) in [5.41, 5.74) is 0.560. The summed E-state index contributed by atoms with van der Waals surface area (Å²) >= 11 is 0. The van der Waals surface area contributed by atoms with Gasteiger partial charge in [-0.2, -0.15) is 0 Å². The van der Waals surface area contributed by atoms with E-state index in [0.29, 0.717) is 68.7 Å². The van der Waals surface area contributed by atoms with Gasteiger partial charge in [-0.15, -0.1) is 10.8 Å². The van der Waals surface area contributed by atoms with Crippen LogP contribution in [0.15, 0.2) is 23.1 Å². The number of ketones is 1. The van der Waals surface area contributed by atoms with E-state index in [-0.39, 0.29) is 24.7 Å². The van der Waals surface area contributed by atoms with Gasteiger partial charge in [0, 0.05) is 26.1 Å². The largest absolute Gasteiger partial charge is 0.379 e. The van der Waals surface area contributed by atoms with Gasteiger partial charge >= 0.3 is 0 Å². The highest BCUT2D eigenvalue weighted by Crippen LogP contribution is 2.48. The van der Waals surface area contributed by atoms with Crippen molar-refractivity contribution in [3.05, 3.63) is 29.3 Å². The zero-order valence-electron chi connectivity index (χ0n) is 26.1. The van der Waals surface area contributed by atoms with E-state index in [9.17, 15) is 28.3 Å². The molecule has 250 valence electrons. The molecule has 0 spiro atoms. The smallest absolute Gasteiger partial charge is 0.243 e. The van der Waals surface area contributed by atoms with Crippen LogP contribution < -0.4 is 20.7 Å². The van der Waals surface area contributed by atoms with Gasteiger partial charge in [0.15, 0.2) is 5.78 Å². The lowest BCUT2D eigenvalue weighted by atomic mass is 9.90. The summed E-state index contributed by atoms with van der Waals surface area (Å²) in [5, 5.41) is 8.49. The number of hydrogen-bond acceptors (Lipinski definition) is 10. The highest BCUT2D eigenvalue weighted by molar-refractivity contribution is 8.22. The Morgan fingerprint density at radius 3 is 2.44 bits per heavy atom. The Bertz CT molecular complexity index is 1260. The standard InChI is InChI=1S/C31H47N5O8S/c1-20(33-27(37)18-36-11-13-43-14-12-36)29(39)35-25(17-22-7-8-26-23(15-22)9-10-32-45(26,41)42)30(40)34-24(16-21-5-3-4-6-21)28(38)31(2)19-44-31/h7-8,15,20-21,24-25,32,41-42H,3-6,9-14,16-19H2,1-2H3,(H,33,37)(H,34,40)(H,35,39)/t20-,24-,25-,31-/m0/s1. The van der Waals surface area contributed by atoms with Gasteiger partial charge in [0.1, 0.15) is 17.7 Å². The molecule has 3 fully saturated rings. The number of nitrogens with zero attached hydrogens (tertiary/aromatic N) is 1. The fourth-order valence-corrected chi connectivity index (χ4v) is 7.72. The summed E-state index contributed by atoms with van der Waals surface area (Å²) in [6.45, 7) is 6.51. The molecule has 5 rings (SSSR count). The van der Waals surface area contributed by atoms with Gasteiger partial charge in [-0.3, -0.25) is 33.2 Å². The number of hydrogen-bond donors (Lipinski definition) is 6. The highest BCUT2D eigenvalue weighted by Gasteiger charge is 2.50. The highest BCUT2D eigenvalue weighted by atomic mass is 32.3. The molecule has 3 amide bonds. The average molecular weight is 650 g/mol. The van der Waals surface area contributed by atoms with Gasteiger partial charge in [0.05, 0.1) is 37.3 Å². The van der Waals surface area contributed by atoms with Crippen LogP contribution in [0, 0.1) is 5.92 Å². The number of ether oxygens (including phenoxy) is 2. The summed E-state index contributed by atoms with van der Waals surface area (Å²) in [7, 11) is -3.10. The first-order valence-electron chi connectivity index (χ1n) is 16.0. The minimum absolute atomic E-state index is 0.101. The maximum absolute atomic E-state index is 13.9. The second-order valence-electron chi connectivity index (χ2n) is 12.9. The third kappa shape index (κ3) is 8.82. The van der Waals surface area contributed by atoms with Crippen LogP contribution in [0.3, 0.4) is 0 Å². The van der Waals surface area contributed by atoms with Crippen molar-refractivity contribution in [1.82, 2.24) is 25.6 Å². The minimum Gasteiger partial charge on any atom is -0.379 e. The molecule has 4 atom stereocenters. The van der Waals surface area contributed by atoms with E-state index in [1.165, 1.54) is 0 Å². The second kappa shape index (κ2) is 14.4. The van der Waals surface area contributed by atoms with Gasteiger partial charge in [0.25, 0.3) is 0 Å². The minimum atomic E-state index is -3.10. The number of fused-ring (bicyclic) bond motifs is 1. The molecule has 1 aromatic rings. The molecule has 13 nitrogen and oxygen atoms in total. The molecule has 2 saturated heterocycles. The lowest BCUT2D eigenvalue weighted by Gasteiger charge is -2.38. The average Bonchev–Trinajstić information content (AvgIpc) is 3.54. The summed E-state index contributed by atoms with van der Waals surface area (Å²) in [6.07, 6.45) is 5.39. The molecule has 1 aromatic carbocycles. The van der Waals surface area contributed by atoms with Crippen molar-refractivity contribution in [2.75, 3.05) is 46.0 Å². The van der Waals surface area contributed by atoms with Crippen LogP contribution in [0.2, 0.25) is 0 Å². The first-order chi connectivity index (χ1) is 21.4. The number of carbonyl (C=O) groups is 4. The van der Waals surface area contributed by atoms with E-state index in [1.807, 2.05) is 11.0 Å². The zero-order valence-corrected chi connectivity index (χ0v) is 27.0. The molecule has 0 bridgehead atoms. The fraction of sp³-hybridized carbons (Fsp3) is 0.677. The Balaban J connectivity index is 1.30. The summed E-state index contributed by atoms with van der Waals surface area (Å²) in [5.74, 6) is -1.17. The Kier molecular flexibility index (Phi) is 10.8. The van der Waals surface area contributed by atoms with Crippen LogP contribution in [-0.4, -0.2) is 107 Å². The molecule has 0 aromatic heterocycles. The van der Waals surface area contributed by atoms with Crippen LogP contribution in [0.25, 0.3) is 0 Å². The topological polar surface area (TPSA) is 182 Å². The van der Waals surface area contributed by atoms with Gasteiger partial charge < -0.3 is 25.4 Å². The molecule has 14 heteroatoms. The zero-order chi connectivity index (χ0) is 32.2. The van der Waals surface area contributed by atoms with E-state index in [2.05, 4.69) is 20.7 Å². The predicted octanol–water partition coefficient (Wildman–Crippen LogP) is 1.14. The SMILES string of the molecule is C[C@H](NC(=O)CN1CCOCC1)C(=O)N[C@@H](Cc1ccc2c(c1)CCNS2(O)O)C(=O)N[C@@H](CC1CCCC1)C(=O)[C@]1(C)CO1. The van der Waals surface area contributed by atoms with Gasteiger partial charge in [0.2, 0.25) is 17.7 Å². The fourth-order valence-electron chi connectivity index (χ4n) is 6.40. The normalized spacial score (nSPS) is 25.7. The Morgan fingerprint density at radius 1 is 1.07 bits per heavy atom. The number of rotatable bonds is 13. The lowest BCUT2D eigenvalue weighted by molar-refractivity contribution is -0.134. The van der Waals surface area contributed by atoms with Crippen molar-refractivity contribution in [2.45, 2.75) is 87.4 Å². The Hall–Kier alpha value is -2.59. The molecule has 45 heavy (non-hydrogen) atoms. The number of epoxide rings is 1. The first kappa shape index (κ1) is 33.8. The van der Waals surface area contributed by atoms with Crippen LogP contribution in [0.4, 0.5) is 0 Å². The van der Waals surface area contributed by atoms with Crippen LogP contribution in [0.5, 0.6) is 0 Å². The number of benzene rings is 1. The van der Waals surface area contributed by atoms with Crippen molar-refractivity contribution in [1.29, 1.82) is 0 Å². The molecule has 1 saturated carbocycles. The lowest BCUT2D eigenvalue weighted by Crippen LogP contribution is -2.57. The molecule has 3 heterocycles. The molecule has 1 aliphatic carbocycles. The predicted molar refractivity (Wildman–Crippen MR) is 168 cm³/mol. The van der Waals surface area contributed by atoms with Crippen molar-refractivity contribution < 1.29 is 37.8 Å². The molecule has 0 radical (unpaired) electrons. The van der Waals surface area contributed by atoms with Crippen molar-refractivity contribution in [3.8, 4) is 0 Å². The number of amides is 3. The monoisotopic (exact) mass is 649 g/mol. The number of nitrogens with one attached hydrogen (secondary N) is 4. The molecule has 0 unspecified atom stereocenters. The Morgan fingerprint density at radius 2 is 1.76 bits per heavy atom. The third-order valence-electron chi connectivity index (χ3n) is 9.22. The van der Waals surface area contributed by atoms with Gasteiger partial charge in [-0.05, 0) is 49.8 Å². The number of Topliss-reactive ketones (excluding diaryl/α,β-unsaturated/α-hetero) is 1. The molecule has 3 aliphatic heterocycles. The second-order valence-corrected chi connectivity index (χ2v) is 14.7. The van der Waals surface area contributed by atoms with Crippen LogP contribution in [-0.2, 0) is 41.5 Å².